The quantitative estimate of drug-likeness (QED) is 0.476. The summed E-state index contributed by atoms with van der Waals surface area (Å²) in [6, 6.07) is 3.19. The Bertz CT molecular complexity index is 647. The number of nitrogens with zero attached hydrogens (tertiary/aromatic N) is 2. The molecule has 0 spiro atoms. The highest BCUT2D eigenvalue weighted by atomic mass is 32.2. The molecule has 1 unspecified atom stereocenters. The lowest BCUT2D eigenvalue weighted by Crippen LogP contribution is -2.46. The number of nitro groups is 1. The molecular weight excluding hydrogens is 296 g/mol. The Morgan fingerprint density at radius 2 is 2.19 bits per heavy atom. The number of anilines is 1. The van der Waals surface area contributed by atoms with Crippen molar-refractivity contribution in [1.82, 2.24) is 9.62 Å². The highest BCUT2D eigenvalue weighted by molar-refractivity contribution is 7.89. The van der Waals surface area contributed by atoms with E-state index in [1.807, 2.05) is 7.05 Å². The zero-order valence-electron chi connectivity index (χ0n) is 11.7. The number of nitrogens with one attached hydrogen (secondary N) is 1. The van der Waals surface area contributed by atoms with Gasteiger partial charge in [-0.1, -0.05) is 0 Å². The number of likely N-dealkylation sites (tertiary alicyclic amines) is 1. The molecule has 1 aliphatic rings. The SMILES string of the molecule is CN1CCCC(NS(=O)(=O)c2ccc([N+](=O)[O-])cc2N)C1. The number of piperidine rings is 1. The van der Waals surface area contributed by atoms with Gasteiger partial charge in [0, 0.05) is 24.7 Å². The first-order valence-electron chi connectivity index (χ1n) is 6.54. The standard InChI is InChI=1S/C12H18N4O4S/c1-15-6-2-3-9(8-15)14-21(19,20)12-5-4-10(16(17)18)7-11(12)13/h4-5,7,9,14H,2-3,6,8,13H2,1H3. The smallest absolute Gasteiger partial charge is 0.271 e. The van der Waals surface area contributed by atoms with Crippen LogP contribution >= 0.6 is 0 Å². The van der Waals surface area contributed by atoms with E-state index in [1.165, 1.54) is 6.07 Å². The molecule has 9 heteroatoms. The van der Waals surface area contributed by atoms with Crippen molar-refractivity contribution < 1.29 is 13.3 Å². The Kier molecular flexibility index (Phi) is 4.45. The average molecular weight is 314 g/mol. The minimum Gasteiger partial charge on any atom is -0.397 e. The van der Waals surface area contributed by atoms with Gasteiger partial charge in [0.2, 0.25) is 10.0 Å². The number of rotatable bonds is 4. The fraction of sp³-hybridized carbons (Fsp3) is 0.500. The molecule has 0 radical (unpaired) electrons. The van der Waals surface area contributed by atoms with Gasteiger partial charge in [-0.3, -0.25) is 10.1 Å². The second-order valence-corrected chi connectivity index (χ2v) is 6.88. The molecule has 116 valence electrons. The van der Waals surface area contributed by atoms with E-state index in [0.29, 0.717) is 6.54 Å². The Labute approximate surface area is 123 Å². The fourth-order valence-electron chi connectivity index (χ4n) is 2.44. The van der Waals surface area contributed by atoms with Gasteiger partial charge in [-0.05, 0) is 32.5 Å². The van der Waals surface area contributed by atoms with Gasteiger partial charge in [-0.2, -0.15) is 0 Å². The molecule has 1 aliphatic heterocycles. The molecule has 1 heterocycles. The Balaban J connectivity index is 2.21. The van der Waals surface area contributed by atoms with Crippen molar-refractivity contribution in [3.05, 3.63) is 28.3 Å². The number of hydrogen-bond donors (Lipinski definition) is 2. The Morgan fingerprint density at radius 1 is 1.48 bits per heavy atom. The first-order chi connectivity index (χ1) is 9.79. The van der Waals surface area contributed by atoms with Crippen molar-refractivity contribution in [3.8, 4) is 0 Å². The number of nitrogens with two attached hydrogens (primary N) is 1. The van der Waals surface area contributed by atoms with Crippen LogP contribution in [0.3, 0.4) is 0 Å². The lowest BCUT2D eigenvalue weighted by molar-refractivity contribution is -0.384. The van der Waals surface area contributed by atoms with Gasteiger partial charge < -0.3 is 10.6 Å². The number of non-ortho nitro benzene ring substituents is 1. The molecular formula is C12H18N4O4S. The summed E-state index contributed by atoms with van der Waals surface area (Å²) < 4.78 is 27.3. The van der Waals surface area contributed by atoms with Crippen molar-refractivity contribution in [3.63, 3.8) is 0 Å². The van der Waals surface area contributed by atoms with Crippen LogP contribution in [0.25, 0.3) is 0 Å². The van der Waals surface area contributed by atoms with Crippen LogP contribution in [0.5, 0.6) is 0 Å². The van der Waals surface area contributed by atoms with Gasteiger partial charge in [0.25, 0.3) is 5.69 Å². The van der Waals surface area contributed by atoms with Gasteiger partial charge in [-0.15, -0.1) is 0 Å². The molecule has 0 aromatic heterocycles. The van der Waals surface area contributed by atoms with Gasteiger partial charge in [0.05, 0.1) is 10.6 Å². The molecule has 0 aliphatic carbocycles. The first-order valence-corrected chi connectivity index (χ1v) is 8.03. The number of hydrogen-bond acceptors (Lipinski definition) is 6. The molecule has 1 aromatic carbocycles. The number of nitro benzene ring substituents is 1. The van der Waals surface area contributed by atoms with E-state index in [2.05, 4.69) is 9.62 Å². The normalized spacial score (nSPS) is 20.3. The summed E-state index contributed by atoms with van der Waals surface area (Å²) in [5.74, 6) is 0. The molecule has 8 nitrogen and oxygen atoms in total. The van der Waals surface area contributed by atoms with Crippen LogP contribution in [-0.2, 0) is 10.0 Å². The molecule has 3 N–H and O–H groups in total. The Hall–Kier alpha value is -1.71. The van der Waals surface area contributed by atoms with E-state index in [1.54, 1.807) is 0 Å². The lowest BCUT2D eigenvalue weighted by atomic mass is 10.1. The summed E-state index contributed by atoms with van der Waals surface area (Å²) in [4.78, 5) is 12.0. The molecule has 1 aromatic rings. The van der Waals surface area contributed by atoms with Gasteiger partial charge in [-0.25, -0.2) is 13.1 Å². The van der Waals surface area contributed by atoms with Crippen molar-refractivity contribution in [2.45, 2.75) is 23.8 Å². The van der Waals surface area contributed by atoms with E-state index < -0.39 is 14.9 Å². The van der Waals surface area contributed by atoms with Crippen LogP contribution < -0.4 is 10.5 Å². The van der Waals surface area contributed by atoms with Crippen LogP contribution in [0.4, 0.5) is 11.4 Å². The zero-order valence-corrected chi connectivity index (χ0v) is 12.5. The monoisotopic (exact) mass is 314 g/mol. The second-order valence-electron chi connectivity index (χ2n) is 5.20. The van der Waals surface area contributed by atoms with Crippen LogP contribution in [0.2, 0.25) is 0 Å². The van der Waals surface area contributed by atoms with Gasteiger partial charge >= 0.3 is 0 Å². The predicted octanol–water partition coefficient (Wildman–Crippen LogP) is 0.550. The third-order valence-electron chi connectivity index (χ3n) is 3.44. The zero-order chi connectivity index (χ0) is 15.6. The Morgan fingerprint density at radius 3 is 2.76 bits per heavy atom. The number of nitrogen functional groups attached to an aromatic ring is 1. The summed E-state index contributed by atoms with van der Waals surface area (Å²) >= 11 is 0. The van der Waals surface area contributed by atoms with E-state index >= 15 is 0 Å². The molecule has 1 fully saturated rings. The third kappa shape index (κ3) is 3.69. The van der Waals surface area contributed by atoms with Crippen molar-refractivity contribution in [2.24, 2.45) is 0 Å². The topological polar surface area (TPSA) is 119 Å². The minimum absolute atomic E-state index is 0.124. The highest BCUT2D eigenvalue weighted by Gasteiger charge is 2.26. The number of likely N-dealkylation sites (N-methyl/N-ethyl adjacent to an activating group) is 1. The van der Waals surface area contributed by atoms with Gasteiger partial charge in [0.15, 0.2) is 0 Å². The van der Waals surface area contributed by atoms with Crippen LogP contribution in [-0.4, -0.2) is 44.4 Å². The van der Waals surface area contributed by atoms with E-state index in [9.17, 15) is 18.5 Å². The van der Waals surface area contributed by atoms with Crippen molar-refractivity contribution in [1.29, 1.82) is 0 Å². The summed E-state index contributed by atoms with van der Waals surface area (Å²) in [5.41, 5.74) is 5.29. The van der Waals surface area contributed by atoms with Gasteiger partial charge in [0.1, 0.15) is 4.90 Å². The maximum Gasteiger partial charge on any atom is 0.271 e. The van der Waals surface area contributed by atoms with Crippen LogP contribution in [0.1, 0.15) is 12.8 Å². The first kappa shape index (κ1) is 15.7. The minimum atomic E-state index is -3.78. The van der Waals surface area contributed by atoms with E-state index in [-0.39, 0.29) is 22.3 Å². The maximum atomic E-state index is 12.3. The third-order valence-corrected chi connectivity index (χ3v) is 5.03. The fourth-order valence-corrected chi connectivity index (χ4v) is 3.81. The molecule has 2 rings (SSSR count). The largest absolute Gasteiger partial charge is 0.397 e. The molecule has 1 saturated heterocycles. The second kappa shape index (κ2) is 5.96. The van der Waals surface area contributed by atoms with Crippen molar-refractivity contribution in [2.75, 3.05) is 25.9 Å². The molecule has 0 bridgehead atoms. The predicted molar refractivity (Wildman–Crippen MR) is 78.3 cm³/mol. The van der Waals surface area contributed by atoms with Crippen LogP contribution in [0, 0.1) is 10.1 Å². The summed E-state index contributed by atoms with van der Waals surface area (Å²) in [7, 11) is -1.85. The van der Waals surface area contributed by atoms with E-state index in [0.717, 1.165) is 31.5 Å². The maximum absolute atomic E-state index is 12.3. The van der Waals surface area contributed by atoms with Crippen LogP contribution in [0.15, 0.2) is 23.1 Å². The molecule has 0 saturated carbocycles. The molecule has 21 heavy (non-hydrogen) atoms. The number of sulfonamides is 1. The summed E-state index contributed by atoms with van der Waals surface area (Å²) in [6.45, 7) is 1.57. The van der Waals surface area contributed by atoms with Crippen molar-refractivity contribution >= 4 is 21.4 Å². The summed E-state index contributed by atoms with van der Waals surface area (Å²) in [6.07, 6.45) is 1.68. The van der Waals surface area contributed by atoms with E-state index in [4.69, 9.17) is 5.73 Å². The number of benzene rings is 1. The highest BCUT2D eigenvalue weighted by Crippen LogP contribution is 2.24. The average Bonchev–Trinajstić information content (AvgIpc) is 2.37. The lowest BCUT2D eigenvalue weighted by Gasteiger charge is -2.30. The summed E-state index contributed by atoms with van der Waals surface area (Å²) in [5, 5.41) is 10.6. The molecule has 1 atom stereocenters. The molecule has 0 amide bonds.